The van der Waals surface area contributed by atoms with Crippen LogP contribution in [0.2, 0.25) is 0 Å². The normalized spacial score (nSPS) is 11.2. The Balaban J connectivity index is 2.93. The van der Waals surface area contributed by atoms with Crippen molar-refractivity contribution in [3.05, 3.63) is 0 Å². The second-order valence-corrected chi connectivity index (χ2v) is 2.00. The number of hydrogen-bond donors (Lipinski definition) is 1. The van der Waals surface area contributed by atoms with E-state index in [4.69, 9.17) is 9.94 Å². The maximum Gasteiger partial charge on any atom is 0.122 e. The number of nitrogens with zero attached hydrogens (tertiary/aromatic N) is 1. The van der Waals surface area contributed by atoms with Gasteiger partial charge >= 0.3 is 0 Å². The van der Waals surface area contributed by atoms with Crippen LogP contribution >= 0.6 is 0 Å². The fourth-order valence-electron chi connectivity index (χ4n) is 0.257. The van der Waals surface area contributed by atoms with Crippen LogP contribution in [0.25, 0.3) is 0 Å². The molecule has 3 heteroatoms. The molecule has 0 atom stereocenters. The summed E-state index contributed by atoms with van der Waals surface area (Å²) in [6.07, 6.45) is 0.185. The molecule has 0 rings (SSSR count). The van der Waals surface area contributed by atoms with Gasteiger partial charge in [0, 0.05) is 7.05 Å². The van der Waals surface area contributed by atoms with Crippen LogP contribution < -0.4 is 0 Å². The molecule has 0 aliphatic rings. The molecule has 50 valence electrons. The third-order valence-corrected chi connectivity index (χ3v) is 0.595. The average molecular weight is 119 g/mol. The molecule has 0 aromatic carbocycles. The summed E-state index contributed by atoms with van der Waals surface area (Å²) < 4.78 is 4.98. The minimum atomic E-state index is 0.185. The van der Waals surface area contributed by atoms with Crippen molar-refractivity contribution in [1.29, 1.82) is 0 Å². The lowest BCUT2D eigenvalue weighted by Gasteiger charge is -2.10. The van der Waals surface area contributed by atoms with E-state index in [-0.39, 0.29) is 12.8 Å². The molecule has 0 aromatic heterocycles. The smallest absolute Gasteiger partial charge is 0.122 e. The minimum absolute atomic E-state index is 0.185. The van der Waals surface area contributed by atoms with E-state index in [0.717, 1.165) is 5.06 Å². The van der Waals surface area contributed by atoms with Gasteiger partial charge in [0.2, 0.25) is 0 Å². The van der Waals surface area contributed by atoms with Gasteiger partial charge < -0.3 is 9.94 Å². The van der Waals surface area contributed by atoms with Gasteiger partial charge in [-0.1, -0.05) is 0 Å². The molecule has 0 unspecified atom stereocenters. The first-order chi connectivity index (χ1) is 3.63. The summed E-state index contributed by atoms with van der Waals surface area (Å²) in [5.41, 5.74) is 0. The molecule has 0 bridgehead atoms. The van der Waals surface area contributed by atoms with Crippen LogP contribution in [0.15, 0.2) is 0 Å². The fraction of sp³-hybridized carbons (Fsp3) is 1.00. The highest BCUT2D eigenvalue weighted by molar-refractivity contribution is 4.31. The lowest BCUT2D eigenvalue weighted by atomic mass is 10.5. The van der Waals surface area contributed by atoms with Crippen molar-refractivity contribution in [3.63, 3.8) is 0 Å². The van der Waals surface area contributed by atoms with E-state index in [9.17, 15) is 0 Å². The second-order valence-electron chi connectivity index (χ2n) is 2.00. The lowest BCUT2D eigenvalue weighted by Crippen LogP contribution is -2.19. The summed E-state index contributed by atoms with van der Waals surface area (Å²) in [6.45, 7) is 4.12. The zero-order valence-corrected chi connectivity index (χ0v) is 5.59. The Morgan fingerprint density at radius 2 is 2.12 bits per heavy atom. The van der Waals surface area contributed by atoms with Crippen molar-refractivity contribution in [3.8, 4) is 0 Å². The summed E-state index contributed by atoms with van der Waals surface area (Å²) in [6, 6.07) is 0. The van der Waals surface area contributed by atoms with Gasteiger partial charge in [0.15, 0.2) is 0 Å². The van der Waals surface area contributed by atoms with Crippen molar-refractivity contribution in [2.45, 2.75) is 20.0 Å². The number of hydrogen-bond acceptors (Lipinski definition) is 3. The predicted octanol–water partition coefficient (Wildman–Crippen LogP) is 0.690. The van der Waals surface area contributed by atoms with Crippen LogP contribution in [0.1, 0.15) is 13.8 Å². The Hall–Kier alpha value is -0.120. The summed E-state index contributed by atoms with van der Waals surface area (Å²) in [5, 5.41) is 9.51. The van der Waals surface area contributed by atoms with Crippen LogP contribution in [0.3, 0.4) is 0 Å². The molecular formula is C5H13NO2. The van der Waals surface area contributed by atoms with Gasteiger partial charge in [-0.25, -0.2) is 0 Å². The van der Waals surface area contributed by atoms with Crippen molar-refractivity contribution in [2.75, 3.05) is 13.8 Å². The van der Waals surface area contributed by atoms with Gasteiger partial charge in [-0.3, -0.25) is 0 Å². The van der Waals surface area contributed by atoms with Gasteiger partial charge in [-0.15, -0.1) is 0 Å². The van der Waals surface area contributed by atoms with Crippen LogP contribution in [0.5, 0.6) is 0 Å². The SMILES string of the molecule is CC(C)OCN(C)O. The highest BCUT2D eigenvalue weighted by Gasteiger charge is 1.93. The minimum Gasteiger partial charge on any atom is -0.361 e. The predicted molar refractivity (Wildman–Crippen MR) is 30.6 cm³/mol. The third-order valence-electron chi connectivity index (χ3n) is 0.595. The molecule has 1 N–H and O–H groups in total. The highest BCUT2D eigenvalue weighted by Crippen LogP contribution is 1.86. The molecule has 0 aromatic rings. The van der Waals surface area contributed by atoms with Crippen molar-refractivity contribution < 1.29 is 9.94 Å². The van der Waals surface area contributed by atoms with Gasteiger partial charge in [0.05, 0.1) is 6.10 Å². The van der Waals surface area contributed by atoms with Gasteiger partial charge in [0.1, 0.15) is 6.73 Å². The Morgan fingerprint density at radius 3 is 2.25 bits per heavy atom. The van der Waals surface area contributed by atoms with Crippen molar-refractivity contribution >= 4 is 0 Å². The van der Waals surface area contributed by atoms with E-state index in [0.29, 0.717) is 0 Å². The van der Waals surface area contributed by atoms with E-state index in [2.05, 4.69) is 0 Å². The molecule has 0 saturated carbocycles. The van der Waals surface area contributed by atoms with Crippen LogP contribution in [0.4, 0.5) is 0 Å². The quantitative estimate of drug-likeness (QED) is 0.438. The largest absolute Gasteiger partial charge is 0.361 e. The monoisotopic (exact) mass is 119 g/mol. The zero-order valence-electron chi connectivity index (χ0n) is 5.59. The fourth-order valence-corrected chi connectivity index (χ4v) is 0.257. The summed E-state index contributed by atoms with van der Waals surface area (Å²) in [5.74, 6) is 0. The van der Waals surface area contributed by atoms with Crippen LogP contribution in [0, 0.1) is 0 Å². The molecule has 0 spiro atoms. The molecule has 0 heterocycles. The van der Waals surface area contributed by atoms with E-state index in [1.165, 1.54) is 0 Å². The lowest BCUT2D eigenvalue weighted by molar-refractivity contribution is -0.152. The topological polar surface area (TPSA) is 32.7 Å². The first kappa shape index (κ1) is 7.88. The van der Waals surface area contributed by atoms with Crippen molar-refractivity contribution in [1.82, 2.24) is 5.06 Å². The zero-order chi connectivity index (χ0) is 6.57. The molecule has 0 fully saturated rings. The van der Waals surface area contributed by atoms with Gasteiger partial charge in [-0.2, -0.15) is 5.06 Å². The van der Waals surface area contributed by atoms with Gasteiger partial charge in [-0.05, 0) is 13.8 Å². The molecule has 0 radical (unpaired) electrons. The Kier molecular flexibility index (Phi) is 3.77. The van der Waals surface area contributed by atoms with E-state index >= 15 is 0 Å². The number of rotatable bonds is 3. The van der Waals surface area contributed by atoms with Crippen LogP contribution in [-0.2, 0) is 4.74 Å². The van der Waals surface area contributed by atoms with Crippen molar-refractivity contribution in [2.24, 2.45) is 0 Å². The molecule has 0 saturated heterocycles. The first-order valence-electron chi connectivity index (χ1n) is 2.64. The molecule has 8 heavy (non-hydrogen) atoms. The Labute approximate surface area is 49.8 Å². The maximum absolute atomic E-state index is 8.51. The molecule has 0 aliphatic heterocycles. The van der Waals surface area contributed by atoms with Crippen LogP contribution in [-0.4, -0.2) is 30.2 Å². The highest BCUT2D eigenvalue weighted by atomic mass is 16.6. The Morgan fingerprint density at radius 1 is 1.62 bits per heavy atom. The van der Waals surface area contributed by atoms with E-state index in [1.807, 2.05) is 13.8 Å². The number of ether oxygens (including phenoxy) is 1. The molecular weight excluding hydrogens is 106 g/mol. The Bertz CT molecular complexity index is 46.4. The van der Waals surface area contributed by atoms with E-state index in [1.54, 1.807) is 7.05 Å². The standard InChI is InChI=1S/C5H13NO2/c1-5(2)8-4-6(3)7/h5,7H,4H2,1-3H3. The van der Waals surface area contributed by atoms with E-state index < -0.39 is 0 Å². The average Bonchev–Trinajstić information content (AvgIpc) is 1.61. The maximum atomic E-state index is 8.51. The summed E-state index contributed by atoms with van der Waals surface area (Å²) >= 11 is 0. The number of hydroxylamine groups is 2. The first-order valence-corrected chi connectivity index (χ1v) is 2.64. The summed E-state index contributed by atoms with van der Waals surface area (Å²) in [7, 11) is 1.54. The van der Waals surface area contributed by atoms with Gasteiger partial charge in [0.25, 0.3) is 0 Å². The molecule has 0 amide bonds. The second kappa shape index (κ2) is 3.83. The molecule has 0 aliphatic carbocycles. The third kappa shape index (κ3) is 5.88. The summed E-state index contributed by atoms with van der Waals surface area (Å²) in [4.78, 5) is 0. The molecule has 3 nitrogen and oxygen atoms in total.